The highest BCUT2D eigenvalue weighted by atomic mass is 14.2. The van der Waals surface area contributed by atoms with Gasteiger partial charge in [-0.05, 0) is 24.8 Å². The highest BCUT2D eigenvalue weighted by Gasteiger charge is 2.13. The molecule has 80 valence electrons. The van der Waals surface area contributed by atoms with Crippen LogP contribution < -0.4 is 0 Å². The summed E-state index contributed by atoms with van der Waals surface area (Å²) in [7, 11) is 0. The minimum absolute atomic E-state index is 1.09. The summed E-state index contributed by atoms with van der Waals surface area (Å²) in [6.07, 6.45) is 16.4. The van der Waals surface area contributed by atoms with Gasteiger partial charge in [-0.15, -0.1) is 5.73 Å². The Bertz CT molecular complexity index is 168. The Morgan fingerprint density at radius 1 is 1.07 bits per heavy atom. The maximum absolute atomic E-state index is 3.57. The smallest absolute Gasteiger partial charge is 0.0275 e. The molecule has 0 heterocycles. The molecule has 1 rings (SSSR count). The lowest BCUT2D eigenvalue weighted by atomic mass is 9.99. The molecule has 0 aromatic carbocycles. The van der Waals surface area contributed by atoms with E-state index < -0.39 is 0 Å². The quantitative estimate of drug-likeness (QED) is 0.399. The van der Waals surface area contributed by atoms with Crippen LogP contribution in [0, 0.1) is 5.92 Å². The fourth-order valence-electron chi connectivity index (χ4n) is 2.43. The van der Waals surface area contributed by atoms with Crippen LogP contribution in [0.15, 0.2) is 18.4 Å². The average Bonchev–Trinajstić information content (AvgIpc) is 2.69. The lowest BCUT2D eigenvalue weighted by molar-refractivity contribution is 0.465. The van der Waals surface area contributed by atoms with Gasteiger partial charge in [-0.25, -0.2) is 0 Å². The van der Waals surface area contributed by atoms with Gasteiger partial charge in [-0.3, -0.25) is 0 Å². The van der Waals surface area contributed by atoms with Gasteiger partial charge in [0, 0.05) is 0 Å². The predicted molar refractivity (Wildman–Crippen MR) is 63.4 cm³/mol. The van der Waals surface area contributed by atoms with Crippen molar-refractivity contribution >= 4 is 0 Å². The van der Waals surface area contributed by atoms with E-state index in [9.17, 15) is 0 Å². The molecule has 0 unspecified atom stereocenters. The van der Waals surface area contributed by atoms with E-state index in [0.29, 0.717) is 0 Å². The van der Waals surface area contributed by atoms with Crippen molar-refractivity contribution in [2.45, 2.75) is 64.2 Å². The Kier molecular flexibility index (Phi) is 6.53. The van der Waals surface area contributed by atoms with Crippen molar-refractivity contribution in [3.8, 4) is 0 Å². The molecule has 1 saturated carbocycles. The van der Waals surface area contributed by atoms with Crippen LogP contribution in [-0.4, -0.2) is 0 Å². The lowest BCUT2D eigenvalue weighted by Crippen LogP contribution is -1.92. The summed E-state index contributed by atoms with van der Waals surface area (Å²) in [4.78, 5) is 0. The van der Waals surface area contributed by atoms with E-state index in [0.717, 1.165) is 5.92 Å². The second-order valence-corrected chi connectivity index (χ2v) is 4.55. The molecule has 0 saturated heterocycles. The molecule has 0 N–H and O–H groups in total. The Morgan fingerprint density at radius 2 is 1.79 bits per heavy atom. The number of allylic oxidation sites excluding steroid dienone is 1. The number of hydrogen-bond donors (Lipinski definition) is 0. The van der Waals surface area contributed by atoms with E-state index in [-0.39, 0.29) is 0 Å². The van der Waals surface area contributed by atoms with Crippen LogP contribution in [0.25, 0.3) is 0 Å². The molecule has 1 aliphatic rings. The summed E-state index contributed by atoms with van der Waals surface area (Å²) in [5.41, 5.74) is 2.83. The molecule has 0 aliphatic heterocycles. The zero-order valence-electron chi connectivity index (χ0n) is 9.43. The first kappa shape index (κ1) is 11.6. The third-order valence-corrected chi connectivity index (χ3v) is 3.33. The summed E-state index contributed by atoms with van der Waals surface area (Å²) < 4.78 is 0. The second-order valence-electron chi connectivity index (χ2n) is 4.55. The van der Waals surface area contributed by atoms with E-state index in [1.165, 1.54) is 64.2 Å². The normalized spacial score (nSPS) is 16.9. The topological polar surface area (TPSA) is 0 Å². The monoisotopic (exact) mass is 192 g/mol. The van der Waals surface area contributed by atoms with Crippen LogP contribution in [0.1, 0.15) is 64.2 Å². The highest BCUT2D eigenvalue weighted by Crippen LogP contribution is 2.29. The molecule has 0 spiro atoms. The standard InChI is InChI=1S/C14H24/c1-2-3-4-5-6-7-8-11-14-12-9-10-13-14/h3,14H,1,4-13H2. The van der Waals surface area contributed by atoms with Gasteiger partial charge >= 0.3 is 0 Å². The summed E-state index contributed by atoms with van der Waals surface area (Å²) >= 11 is 0. The molecule has 1 aliphatic carbocycles. The average molecular weight is 192 g/mol. The molecule has 0 radical (unpaired) electrons. The van der Waals surface area contributed by atoms with Crippen LogP contribution in [0.5, 0.6) is 0 Å². The first-order chi connectivity index (χ1) is 6.93. The van der Waals surface area contributed by atoms with Crippen molar-refractivity contribution in [2.75, 3.05) is 0 Å². The maximum atomic E-state index is 3.57. The lowest BCUT2D eigenvalue weighted by Gasteiger charge is -2.07. The molecule has 0 aromatic rings. The van der Waals surface area contributed by atoms with Crippen LogP contribution in [0.2, 0.25) is 0 Å². The number of rotatable bonds is 7. The van der Waals surface area contributed by atoms with E-state index >= 15 is 0 Å². The van der Waals surface area contributed by atoms with E-state index in [1.807, 2.05) is 0 Å². The second kappa shape index (κ2) is 7.88. The molecule has 0 heteroatoms. The fraction of sp³-hybridized carbons (Fsp3) is 0.786. The van der Waals surface area contributed by atoms with Gasteiger partial charge in [-0.1, -0.05) is 57.9 Å². The van der Waals surface area contributed by atoms with Crippen molar-refractivity contribution < 1.29 is 0 Å². The maximum Gasteiger partial charge on any atom is -0.0275 e. The van der Waals surface area contributed by atoms with Crippen LogP contribution in [-0.2, 0) is 0 Å². The third kappa shape index (κ3) is 5.29. The summed E-state index contributed by atoms with van der Waals surface area (Å²) in [6.45, 7) is 3.57. The van der Waals surface area contributed by atoms with Crippen molar-refractivity contribution in [3.05, 3.63) is 18.4 Å². The molecule has 0 atom stereocenters. The van der Waals surface area contributed by atoms with Gasteiger partial charge in [0.05, 0.1) is 0 Å². The zero-order chi connectivity index (χ0) is 10.1. The Labute approximate surface area is 89.1 Å². The SMILES string of the molecule is C=C=CCCCCCCC1CCCC1. The van der Waals surface area contributed by atoms with Gasteiger partial charge < -0.3 is 0 Å². The Hall–Kier alpha value is -0.480. The summed E-state index contributed by atoms with van der Waals surface area (Å²) in [5, 5.41) is 0. The summed E-state index contributed by atoms with van der Waals surface area (Å²) in [5.74, 6) is 1.09. The van der Waals surface area contributed by atoms with E-state index in [4.69, 9.17) is 0 Å². The minimum atomic E-state index is 1.09. The molecular formula is C14H24. The zero-order valence-corrected chi connectivity index (χ0v) is 9.43. The van der Waals surface area contributed by atoms with E-state index in [2.05, 4.69) is 18.4 Å². The van der Waals surface area contributed by atoms with Crippen molar-refractivity contribution in [1.29, 1.82) is 0 Å². The first-order valence-corrected chi connectivity index (χ1v) is 6.28. The molecule has 0 aromatic heterocycles. The fourth-order valence-corrected chi connectivity index (χ4v) is 2.43. The van der Waals surface area contributed by atoms with Crippen LogP contribution >= 0.6 is 0 Å². The molecule has 0 amide bonds. The van der Waals surface area contributed by atoms with Gasteiger partial charge in [0.25, 0.3) is 0 Å². The van der Waals surface area contributed by atoms with Crippen LogP contribution in [0.3, 0.4) is 0 Å². The summed E-state index contributed by atoms with van der Waals surface area (Å²) in [6, 6.07) is 0. The number of unbranched alkanes of at least 4 members (excludes halogenated alkanes) is 4. The van der Waals surface area contributed by atoms with Crippen LogP contribution in [0.4, 0.5) is 0 Å². The predicted octanol–water partition coefficient (Wildman–Crippen LogP) is 4.86. The van der Waals surface area contributed by atoms with Gasteiger partial charge in [-0.2, -0.15) is 0 Å². The highest BCUT2D eigenvalue weighted by molar-refractivity contribution is 4.75. The van der Waals surface area contributed by atoms with Crippen molar-refractivity contribution in [3.63, 3.8) is 0 Å². The largest absolute Gasteiger partial charge is 0.133 e. The molecule has 1 fully saturated rings. The first-order valence-electron chi connectivity index (χ1n) is 6.28. The third-order valence-electron chi connectivity index (χ3n) is 3.33. The molecule has 0 nitrogen and oxygen atoms in total. The van der Waals surface area contributed by atoms with Gasteiger partial charge in [0.1, 0.15) is 0 Å². The molecular weight excluding hydrogens is 168 g/mol. The number of hydrogen-bond acceptors (Lipinski definition) is 0. The van der Waals surface area contributed by atoms with Gasteiger partial charge in [0.2, 0.25) is 0 Å². The Balaban J connectivity index is 1.81. The van der Waals surface area contributed by atoms with E-state index in [1.54, 1.807) is 0 Å². The molecule has 0 bridgehead atoms. The van der Waals surface area contributed by atoms with Crippen molar-refractivity contribution in [2.24, 2.45) is 5.92 Å². The Morgan fingerprint density at radius 3 is 2.50 bits per heavy atom. The minimum Gasteiger partial charge on any atom is -0.133 e. The molecule has 14 heavy (non-hydrogen) atoms. The van der Waals surface area contributed by atoms with Crippen molar-refractivity contribution in [1.82, 2.24) is 0 Å². The van der Waals surface area contributed by atoms with Gasteiger partial charge in [0.15, 0.2) is 0 Å².